The van der Waals surface area contributed by atoms with Crippen molar-refractivity contribution < 1.29 is 17.9 Å². The number of nitrogens with two attached hydrogens (primary N) is 1. The number of esters is 1. The van der Waals surface area contributed by atoms with Crippen LogP contribution in [-0.4, -0.2) is 34.3 Å². The molecule has 0 aromatic carbocycles. The van der Waals surface area contributed by atoms with E-state index in [9.17, 15) is 13.2 Å². The maximum absolute atomic E-state index is 11.6. The molecular weight excluding hydrogens is 264 g/mol. The van der Waals surface area contributed by atoms with Crippen LogP contribution in [0, 0.1) is 0 Å². The first-order valence-corrected chi connectivity index (χ1v) is 7.48. The summed E-state index contributed by atoms with van der Waals surface area (Å²) in [6.07, 6.45) is 1.05. The second-order valence-electron chi connectivity index (χ2n) is 3.30. The molecule has 1 aromatic rings. The first kappa shape index (κ1) is 13.8. The molecule has 17 heavy (non-hydrogen) atoms. The monoisotopic (exact) mass is 278 g/mol. The number of hydrogen-bond acceptors (Lipinski definition) is 7. The predicted molar refractivity (Wildman–Crippen MR) is 67.3 cm³/mol. The summed E-state index contributed by atoms with van der Waals surface area (Å²) in [6, 6.07) is 0. The third-order valence-corrected chi connectivity index (χ3v) is 4.42. The van der Waals surface area contributed by atoms with Crippen LogP contribution < -0.4 is 11.1 Å². The number of ether oxygens (including phenoxy) is 1. The van der Waals surface area contributed by atoms with E-state index in [0.29, 0.717) is 11.5 Å². The summed E-state index contributed by atoms with van der Waals surface area (Å²) in [5.41, 5.74) is 5.63. The van der Waals surface area contributed by atoms with Gasteiger partial charge in [0.2, 0.25) is 0 Å². The van der Waals surface area contributed by atoms with Crippen molar-refractivity contribution in [3.05, 3.63) is 4.88 Å². The quantitative estimate of drug-likeness (QED) is 0.796. The molecule has 0 amide bonds. The van der Waals surface area contributed by atoms with Crippen LogP contribution in [0.5, 0.6) is 0 Å². The second kappa shape index (κ2) is 4.92. The highest BCUT2D eigenvalue weighted by Gasteiger charge is 2.27. The molecule has 1 heterocycles. The van der Waals surface area contributed by atoms with Crippen LogP contribution in [0.1, 0.15) is 16.6 Å². The van der Waals surface area contributed by atoms with E-state index in [1.54, 1.807) is 0 Å². The fraction of sp³-hybridized carbons (Fsp3) is 0.444. The van der Waals surface area contributed by atoms with Crippen molar-refractivity contribution >= 4 is 37.8 Å². The highest BCUT2D eigenvalue weighted by atomic mass is 32.2. The molecule has 1 rings (SSSR count). The fourth-order valence-electron chi connectivity index (χ4n) is 1.32. The van der Waals surface area contributed by atoms with E-state index in [1.807, 2.05) is 6.92 Å². The predicted octanol–water partition coefficient (Wildman–Crippen LogP) is 0.952. The minimum Gasteiger partial charge on any atom is -0.465 e. The molecule has 1 aromatic heterocycles. The lowest BCUT2D eigenvalue weighted by molar-refractivity contribution is 0.0607. The zero-order chi connectivity index (χ0) is 13.2. The molecule has 0 spiro atoms. The van der Waals surface area contributed by atoms with Gasteiger partial charge in [0.15, 0.2) is 9.84 Å². The van der Waals surface area contributed by atoms with Crippen LogP contribution in [-0.2, 0) is 14.6 Å². The Hall–Kier alpha value is -1.28. The third kappa shape index (κ3) is 2.70. The van der Waals surface area contributed by atoms with Gasteiger partial charge in [0.05, 0.1) is 12.8 Å². The molecular formula is C9H14N2O4S2. The van der Waals surface area contributed by atoms with Gasteiger partial charge in [-0.3, -0.25) is 0 Å². The molecule has 0 unspecified atom stereocenters. The van der Waals surface area contributed by atoms with Gasteiger partial charge in [0.25, 0.3) is 0 Å². The summed E-state index contributed by atoms with van der Waals surface area (Å²) in [7, 11) is -2.28. The van der Waals surface area contributed by atoms with Crippen molar-refractivity contribution in [2.75, 3.05) is 31.0 Å². The molecule has 0 aliphatic heterocycles. The van der Waals surface area contributed by atoms with Crippen LogP contribution in [0.25, 0.3) is 0 Å². The number of nitrogens with one attached hydrogen (secondary N) is 1. The van der Waals surface area contributed by atoms with Gasteiger partial charge in [-0.2, -0.15) is 0 Å². The number of anilines is 2. The van der Waals surface area contributed by atoms with E-state index >= 15 is 0 Å². The summed E-state index contributed by atoms with van der Waals surface area (Å²) >= 11 is 0.980. The van der Waals surface area contributed by atoms with E-state index < -0.39 is 15.8 Å². The molecule has 0 saturated carbocycles. The number of thiophene rings is 1. The zero-order valence-corrected chi connectivity index (χ0v) is 11.4. The van der Waals surface area contributed by atoms with E-state index in [0.717, 1.165) is 17.6 Å². The summed E-state index contributed by atoms with van der Waals surface area (Å²) in [5, 5.41) is 3.24. The van der Waals surface area contributed by atoms with Gasteiger partial charge in [-0.1, -0.05) is 0 Å². The molecule has 96 valence electrons. The molecule has 0 atom stereocenters. The first-order chi connectivity index (χ1) is 7.82. The van der Waals surface area contributed by atoms with Crippen molar-refractivity contribution in [1.29, 1.82) is 0 Å². The SMILES string of the molecule is CCNc1sc(C(=O)OC)c(N)c1S(C)(=O)=O. The second-order valence-corrected chi connectivity index (χ2v) is 6.27. The normalized spacial score (nSPS) is 11.2. The largest absolute Gasteiger partial charge is 0.465 e. The highest BCUT2D eigenvalue weighted by Crippen LogP contribution is 2.39. The van der Waals surface area contributed by atoms with Gasteiger partial charge >= 0.3 is 5.97 Å². The number of methoxy groups -OCH3 is 1. The van der Waals surface area contributed by atoms with Crippen LogP contribution in [0.3, 0.4) is 0 Å². The van der Waals surface area contributed by atoms with Crippen LogP contribution >= 0.6 is 11.3 Å². The summed E-state index contributed by atoms with van der Waals surface area (Å²) < 4.78 is 27.8. The maximum Gasteiger partial charge on any atom is 0.350 e. The van der Waals surface area contributed by atoms with E-state index in [-0.39, 0.29) is 15.5 Å². The molecule has 0 fully saturated rings. The Balaban J connectivity index is 3.46. The lowest BCUT2D eigenvalue weighted by Gasteiger charge is -2.03. The Bertz CT molecular complexity index is 533. The molecule has 0 saturated heterocycles. The van der Waals surface area contributed by atoms with Crippen molar-refractivity contribution in [2.45, 2.75) is 11.8 Å². The van der Waals surface area contributed by atoms with E-state index in [2.05, 4.69) is 10.1 Å². The van der Waals surface area contributed by atoms with Crippen LogP contribution in [0.4, 0.5) is 10.7 Å². The average molecular weight is 278 g/mol. The van der Waals surface area contributed by atoms with Gasteiger partial charge in [-0.15, -0.1) is 11.3 Å². The number of hydrogen-bond donors (Lipinski definition) is 2. The zero-order valence-electron chi connectivity index (χ0n) is 9.73. The summed E-state index contributed by atoms with van der Waals surface area (Å²) in [6.45, 7) is 2.35. The number of nitrogen functional groups attached to an aromatic ring is 1. The standard InChI is InChI=1S/C9H14N2O4S2/c1-4-11-8-7(17(3,13)14)5(10)6(16-8)9(12)15-2/h11H,4,10H2,1-3H3. The average Bonchev–Trinajstić information content (AvgIpc) is 2.54. The van der Waals surface area contributed by atoms with Gasteiger partial charge < -0.3 is 15.8 Å². The summed E-state index contributed by atoms with van der Waals surface area (Å²) in [5.74, 6) is -0.637. The molecule has 0 bridgehead atoms. The fourth-order valence-corrected chi connectivity index (χ4v) is 3.87. The Morgan fingerprint density at radius 2 is 2.12 bits per heavy atom. The molecule has 0 radical (unpaired) electrons. The molecule has 8 heteroatoms. The lowest BCUT2D eigenvalue weighted by atomic mass is 10.4. The number of carbonyl (C=O) groups excluding carboxylic acids is 1. The lowest BCUT2D eigenvalue weighted by Crippen LogP contribution is -2.07. The van der Waals surface area contributed by atoms with Crippen LogP contribution in [0.15, 0.2) is 4.90 Å². The number of carbonyl (C=O) groups is 1. The molecule has 0 aliphatic rings. The Labute approximate surface area is 104 Å². The van der Waals surface area contributed by atoms with Crippen molar-refractivity contribution in [1.82, 2.24) is 0 Å². The van der Waals surface area contributed by atoms with Crippen molar-refractivity contribution in [3.63, 3.8) is 0 Å². The smallest absolute Gasteiger partial charge is 0.350 e. The third-order valence-electron chi connectivity index (χ3n) is 1.98. The minimum atomic E-state index is -3.49. The Morgan fingerprint density at radius 3 is 2.53 bits per heavy atom. The minimum absolute atomic E-state index is 0.0373. The molecule has 0 aliphatic carbocycles. The van der Waals surface area contributed by atoms with Crippen molar-refractivity contribution in [2.24, 2.45) is 0 Å². The van der Waals surface area contributed by atoms with Crippen LogP contribution in [0.2, 0.25) is 0 Å². The number of sulfone groups is 1. The van der Waals surface area contributed by atoms with Gasteiger partial charge in [0, 0.05) is 12.8 Å². The van der Waals surface area contributed by atoms with E-state index in [4.69, 9.17) is 5.73 Å². The maximum atomic E-state index is 11.6. The molecule has 3 N–H and O–H groups in total. The summed E-state index contributed by atoms with van der Waals surface area (Å²) in [4.78, 5) is 11.5. The Morgan fingerprint density at radius 1 is 1.53 bits per heavy atom. The van der Waals surface area contributed by atoms with E-state index in [1.165, 1.54) is 7.11 Å². The van der Waals surface area contributed by atoms with Crippen molar-refractivity contribution in [3.8, 4) is 0 Å². The first-order valence-electron chi connectivity index (χ1n) is 4.77. The number of rotatable bonds is 4. The van der Waals surface area contributed by atoms with Gasteiger partial charge in [-0.05, 0) is 6.92 Å². The van der Waals surface area contributed by atoms with Gasteiger partial charge in [-0.25, -0.2) is 13.2 Å². The highest BCUT2D eigenvalue weighted by molar-refractivity contribution is 7.91. The topological polar surface area (TPSA) is 98.5 Å². The van der Waals surface area contributed by atoms with Gasteiger partial charge in [0.1, 0.15) is 14.8 Å². The molecule has 6 nitrogen and oxygen atoms in total. The Kier molecular flexibility index (Phi) is 3.99.